The molecule has 0 aromatic heterocycles. The predicted molar refractivity (Wildman–Crippen MR) is 62.7 cm³/mol. The topological polar surface area (TPSA) is 69.6 Å². The SMILES string of the molecule is CN(C(=O)NC1CCCC1(C)C(=O)O)C1CC1. The third-order valence-corrected chi connectivity index (χ3v) is 4.16. The van der Waals surface area contributed by atoms with Crippen molar-refractivity contribution in [3.63, 3.8) is 0 Å². The van der Waals surface area contributed by atoms with Crippen molar-refractivity contribution in [2.75, 3.05) is 7.05 Å². The monoisotopic (exact) mass is 240 g/mol. The molecule has 2 aliphatic carbocycles. The van der Waals surface area contributed by atoms with Crippen molar-refractivity contribution in [3.05, 3.63) is 0 Å². The van der Waals surface area contributed by atoms with Crippen LogP contribution in [-0.4, -0.2) is 41.1 Å². The fourth-order valence-electron chi connectivity index (χ4n) is 2.53. The fraction of sp³-hybridized carbons (Fsp3) is 0.833. The molecule has 2 rings (SSSR count). The lowest BCUT2D eigenvalue weighted by Gasteiger charge is -2.29. The predicted octanol–water partition coefficient (Wildman–Crippen LogP) is 1.43. The summed E-state index contributed by atoms with van der Waals surface area (Å²) in [4.78, 5) is 24.9. The quantitative estimate of drug-likeness (QED) is 0.784. The first-order valence-electron chi connectivity index (χ1n) is 6.22. The number of urea groups is 1. The zero-order chi connectivity index (χ0) is 12.6. The molecule has 0 radical (unpaired) electrons. The molecule has 2 N–H and O–H groups in total. The van der Waals surface area contributed by atoms with Crippen LogP contribution >= 0.6 is 0 Å². The van der Waals surface area contributed by atoms with Gasteiger partial charge in [0.25, 0.3) is 0 Å². The zero-order valence-electron chi connectivity index (χ0n) is 10.4. The Labute approximate surface area is 101 Å². The molecule has 0 saturated heterocycles. The van der Waals surface area contributed by atoms with Gasteiger partial charge in [0.05, 0.1) is 5.41 Å². The molecule has 2 aliphatic rings. The van der Waals surface area contributed by atoms with E-state index in [1.54, 1.807) is 18.9 Å². The molecule has 2 fully saturated rings. The summed E-state index contributed by atoms with van der Waals surface area (Å²) in [6.07, 6.45) is 4.38. The number of nitrogens with zero attached hydrogens (tertiary/aromatic N) is 1. The average molecular weight is 240 g/mol. The second-order valence-corrected chi connectivity index (χ2v) is 5.46. The molecule has 2 unspecified atom stereocenters. The van der Waals surface area contributed by atoms with E-state index in [0.717, 1.165) is 25.7 Å². The van der Waals surface area contributed by atoms with Crippen LogP contribution in [0.1, 0.15) is 39.0 Å². The Kier molecular flexibility index (Phi) is 3.02. The van der Waals surface area contributed by atoms with Crippen molar-refractivity contribution in [3.8, 4) is 0 Å². The lowest BCUT2D eigenvalue weighted by Crippen LogP contribution is -2.51. The standard InChI is InChI=1S/C12H20N2O3/c1-12(10(15)16)7-3-4-9(12)13-11(17)14(2)8-5-6-8/h8-9H,3-7H2,1-2H3,(H,13,17)(H,15,16). The highest BCUT2D eigenvalue weighted by Crippen LogP contribution is 2.38. The molecule has 2 saturated carbocycles. The Balaban J connectivity index is 1.97. The molecule has 2 atom stereocenters. The summed E-state index contributed by atoms with van der Waals surface area (Å²) < 4.78 is 0. The van der Waals surface area contributed by atoms with Crippen LogP contribution < -0.4 is 5.32 Å². The summed E-state index contributed by atoms with van der Waals surface area (Å²) in [5, 5.41) is 12.1. The number of hydrogen-bond acceptors (Lipinski definition) is 2. The molecule has 5 nitrogen and oxygen atoms in total. The van der Waals surface area contributed by atoms with Crippen molar-refractivity contribution >= 4 is 12.0 Å². The average Bonchev–Trinajstić information content (AvgIpc) is 3.04. The van der Waals surface area contributed by atoms with Crippen LogP contribution in [0, 0.1) is 5.41 Å². The van der Waals surface area contributed by atoms with Crippen LogP contribution in [0.3, 0.4) is 0 Å². The number of hydrogen-bond donors (Lipinski definition) is 2. The Morgan fingerprint density at radius 3 is 2.53 bits per heavy atom. The lowest BCUT2D eigenvalue weighted by molar-refractivity contribution is -0.148. The first-order chi connectivity index (χ1) is 7.95. The van der Waals surface area contributed by atoms with Gasteiger partial charge in [0.2, 0.25) is 0 Å². The van der Waals surface area contributed by atoms with Gasteiger partial charge in [0.1, 0.15) is 0 Å². The van der Waals surface area contributed by atoms with E-state index in [-0.39, 0.29) is 12.1 Å². The highest BCUT2D eigenvalue weighted by Gasteiger charge is 2.46. The second-order valence-electron chi connectivity index (χ2n) is 5.46. The van der Waals surface area contributed by atoms with Gasteiger partial charge >= 0.3 is 12.0 Å². The summed E-state index contributed by atoms with van der Waals surface area (Å²) in [5.41, 5.74) is -0.806. The van der Waals surface area contributed by atoms with Crippen LogP contribution in [0.15, 0.2) is 0 Å². The van der Waals surface area contributed by atoms with E-state index < -0.39 is 11.4 Å². The number of carbonyl (C=O) groups is 2. The molecule has 96 valence electrons. The van der Waals surface area contributed by atoms with E-state index in [1.165, 1.54) is 0 Å². The highest BCUT2D eigenvalue weighted by molar-refractivity contribution is 5.79. The van der Waals surface area contributed by atoms with Crippen LogP contribution in [0.2, 0.25) is 0 Å². The van der Waals surface area contributed by atoms with Crippen molar-refractivity contribution in [1.29, 1.82) is 0 Å². The molecule has 2 amide bonds. The maximum Gasteiger partial charge on any atom is 0.317 e. The van der Waals surface area contributed by atoms with Gasteiger partial charge in [-0.15, -0.1) is 0 Å². The van der Waals surface area contributed by atoms with Crippen LogP contribution in [0.5, 0.6) is 0 Å². The number of carboxylic acids is 1. The second kappa shape index (κ2) is 4.20. The van der Waals surface area contributed by atoms with Gasteiger partial charge in [-0.05, 0) is 32.6 Å². The van der Waals surface area contributed by atoms with Crippen molar-refractivity contribution in [2.24, 2.45) is 5.41 Å². The third kappa shape index (κ3) is 2.23. The Hall–Kier alpha value is -1.26. The van der Waals surface area contributed by atoms with E-state index in [1.807, 2.05) is 0 Å². The zero-order valence-corrected chi connectivity index (χ0v) is 10.4. The van der Waals surface area contributed by atoms with Gasteiger partial charge in [-0.25, -0.2) is 4.79 Å². The number of rotatable bonds is 3. The maximum absolute atomic E-state index is 11.9. The largest absolute Gasteiger partial charge is 0.481 e. The van der Waals surface area contributed by atoms with Crippen LogP contribution in [0.25, 0.3) is 0 Å². The number of aliphatic carboxylic acids is 1. The lowest BCUT2D eigenvalue weighted by atomic mass is 9.85. The Bertz CT molecular complexity index is 341. The van der Waals surface area contributed by atoms with Crippen LogP contribution in [-0.2, 0) is 4.79 Å². The first-order valence-corrected chi connectivity index (χ1v) is 6.22. The summed E-state index contributed by atoms with van der Waals surface area (Å²) in [6, 6.07) is -0.0203. The molecule has 0 spiro atoms. The van der Waals surface area contributed by atoms with E-state index in [9.17, 15) is 14.7 Å². The number of carbonyl (C=O) groups excluding carboxylic acids is 1. The summed E-state index contributed by atoms with van der Waals surface area (Å²) in [5.74, 6) is -0.811. The minimum Gasteiger partial charge on any atom is -0.481 e. The summed E-state index contributed by atoms with van der Waals surface area (Å²) in [7, 11) is 1.78. The van der Waals surface area contributed by atoms with E-state index in [4.69, 9.17) is 0 Å². The highest BCUT2D eigenvalue weighted by atomic mass is 16.4. The molecular weight excluding hydrogens is 220 g/mol. The molecule has 0 aliphatic heterocycles. The van der Waals surface area contributed by atoms with E-state index in [2.05, 4.69) is 5.32 Å². The van der Waals surface area contributed by atoms with Crippen LogP contribution in [0.4, 0.5) is 4.79 Å². The fourth-order valence-corrected chi connectivity index (χ4v) is 2.53. The summed E-state index contributed by atoms with van der Waals surface area (Å²) >= 11 is 0. The molecule has 17 heavy (non-hydrogen) atoms. The van der Waals surface area contributed by atoms with Gasteiger partial charge in [-0.1, -0.05) is 6.42 Å². The van der Waals surface area contributed by atoms with Crippen molar-refractivity contribution in [2.45, 2.75) is 51.1 Å². The minimum absolute atomic E-state index is 0.133. The van der Waals surface area contributed by atoms with Gasteiger partial charge in [-0.2, -0.15) is 0 Å². The number of carboxylic acid groups (broad SMARTS) is 1. The van der Waals surface area contributed by atoms with E-state index >= 15 is 0 Å². The third-order valence-electron chi connectivity index (χ3n) is 4.16. The molecular formula is C12H20N2O3. The van der Waals surface area contributed by atoms with Gasteiger partial charge < -0.3 is 15.3 Å². The van der Waals surface area contributed by atoms with E-state index in [0.29, 0.717) is 12.5 Å². The molecule has 0 aromatic carbocycles. The Morgan fingerprint density at radius 2 is 2.00 bits per heavy atom. The normalized spacial score (nSPS) is 32.2. The van der Waals surface area contributed by atoms with Gasteiger partial charge in [0, 0.05) is 19.1 Å². The van der Waals surface area contributed by atoms with Crippen molar-refractivity contribution < 1.29 is 14.7 Å². The van der Waals surface area contributed by atoms with Crippen molar-refractivity contribution in [1.82, 2.24) is 10.2 Å². The number of amides is 2. The maximum atomic E-state index is 11.9. The molecule has 5 heteroatoms. The first kappa shape index (κ1) is 12.2. The summed E-state index contributed by atoms with van der Waals surface area (Å²) in [6.45, 7) is 1.73. The number of nitrogens with one attached hydrogen (secondary N) is 1. The Morgan fingerprint density at radius 1 is 1.35 bits per heavy atom. The molecule has 0 heterocycles. The molecule has 0 bridgehead atoms. The molecule has 0 aromatic rings. The van der Waals surface area contributed by atoms with Gasteiger partial charge in [0.15, 0.2) is 0 Å². The smallest absolute Gasteiger partial charge is 0.317 e. The minimum atomic E-state index is -0.811. The van der Waals surface area contributed by atoms with Gasteiger partial charge in [-0.3, -0.25) is 4.79 Å².